The highest BCUT2D eigenvalue weighted by molar-refractivity contribution is 5.69. The molecule has 0 aliphatic rings. The summed E-state index contributed by atoms with van der Waals surface area (Å²) in [6, 6.07) is 0. The zero-order valence-corrected chi connectivity index (χ0v) is 15.4. The van der Waals surface area contributed by atoms with Gasteiger partial charge in [-0.2, -0.15) is 0 Å². The third-order valence-electron chi connectivity index (χ3n) is 3.95. The third-order valence-corrected chi connectivity index (χ3v) is 3.95. The van der Waals surface area contributed by atoms with Crippen LogP contribution in [0, 0.1) is 29.6 Å². The topological polar surface area (TPSA) is 57.5 Å². The van der Waals surface area contributed by atoms with Gasteiger partial charge in [-0.1, -0.05) is 51.9 Å². The number of carbonyl (C=O) groups is 1. The highest BCUT2D eigenvalue weighted by atomic mass is 16.4. The molecule has 24 heavy (non-hydrogen) atoms. The maximum Gasteiger partial charge on any atom is 0.306 e. The second-order valence-electron chi connectivity index (χ2n) is 6.38. The Hall–Kier alpha value is -1.45. The minimum absolute atomic E-state index is 0.296. The molecule has 0 radical (unpaired) electrons. The maximum absolute atomic E-state index is 10.6. The highest BCUT2D eigenvalue weighted by Crippen LogP contribution is 2.07. The Balaban J connectivity index is 3.40. The fraction of sp³-hybridized carbons (Fsp3) is 0.762. The van der Waals surface area contributed by atoms with Crippen molar-refractivity contribution in [3.05, 3.63) is 0 Å². The van der Waals surface area contributed by atoms with E-state index in [0.717, 1.165) is 44.9 Å². The number of hydrogen-bond donors (Lipinski definition) is 2. The molecule has 136 valence electrons. The van der Waals surface area contributed by atoms with E-state index >= 15 is 0 Å². The van der Waals surface area contributed by atoms with E-state index in [2.05, 4.69) is 30.6 Å². The molecule has 0 aliphatic carbocycles. The van der Waals surface area contributed by atoms with E-state index in [1.165, 1.54) is 19.3 Å². The second-order valence-corrected chi connectivity index (χ2v) is 6.38. The number of aliphatic carboxylic acids is 1. The van der Waals surface area contributed by atoms with Crippen LogP contribution in [0.3, 0.4) is 0 Å². The summed E-state index contributed by atoms with van der Waals surface area (Å²) in [4.78, 5) is 10.6. The van der Waals surface area contributed by atoms with Crippen LogP contribution in [0.25, 0.3) is 0 Å². The summed E-state index contributed by atoms with van der Waals surface area (Å²) in [6.07, 6.45) is 11.4. The number of carboxylic acids is 1. The van der Waals surface area contributed by atoms with Gasteiger partial charge < -0.3 is 10.2 Å². The molecule has 0 rings (SSSR count). The molecule has 0 spiro atoms. The van der Waals surface area contributed by atoms with Crippen LogP contribution in [-0.2, 0) is 4.79 Å². The Bertz CT molecular complexity index is 433. The fourth-order valence-corrected chi connectivity index (χ4v) is 2.21. The molecule has 0 saturated heterocycles. The summed E-state index contributed by atoms with van der Waals surface area (Å²) in [5, 5.41) is 18.3. The van der Waals surface area contributed by atoms with Gasteiger partial charge in [0.2, 0.25) is 0 Å². The number of unbranched alkanes of at least 4 members (excludes halogenated alkanes) is 7. The van der Waals surface area contributed by atoms with Gasteiger partial charge in [-0.25, -0.2) is 0 Å². The summed E-state index contributed by atoms with van der Waals surface area (Å²) >= 11 is 0. The van der Waals surface area contributed by atoms with Crippen LogP contribution in [0.1, 0.15) is 90.9 Å². The zero-order valence-electron chi connectivity index (χ0n) is 15.4. The molecule has 0 amide bonds. The predicted molar refractivity (Wildman–Crippen MR) is 99.4 cm³/mol. The number of aliphatic hydroxyl groups is 1. The largest absolute Gasteiger partial charge is 0.481 e. The lowest BCUT2D eigenvalue weighted by Crippen LogP contribution is -2.08. The van der Waals surface area contributed by atoms with Crippen molar-refractivity contribution in [3.63, 3.8) is 0 Å². The molecule has 0 bridgehead atoms. The van der Waals surface area contributed by atoms with Gasteiger partial charge in [-0.05, 0) is 25.7 Å². The Morgan fingerprint density at radius 2 is 1.46 bits per heavy atom. The van der Waals surface area contributed by atoms with Crippen molar-refractivity contribution in [1.29, 1.82) is 0 Å². The molecule has 0 aromatic rings. The van der Waals surface area contributed by atoms with E-state index in [1.807, 2.05) is 0 Å². The first-order chi connectivity index (χ1) is 11.6. The summed E-state index contributed by atoms with van der Waals surface area (Å²) in [5.41, 5.74) is 0. The van der Waals surface area contributed by atoms with E-state index in [4.69, 9.17) is 5.11 Å². The van der Waals surface area contributed by atoms with Crippen LogP contribution in [0.4, 0.5) is 0 Å². The molecule has 3 heteroatoms. The quantitative estimate of drug-likeness (QED) is 0.399. The Morgan fingerprint density at radius 3 is 2.08 bits per heavy atom. The van der Waals surface area contributed by atoms with Gasteiger partial charge >= 0.3 is 5.97 Å². The SMILES string of the molecule is CCCCC(O)C#CCCCCCCCC#CCCC(C)C(=O)O. The Morgan fingerprint density at radius 1 is 0.875 bits per heavy atom. The average molecular weight is 334 g/mol. The summed E-state index contributed by atoms with van der Waals surface area (Å²) in [7, 11) is 0. The van der Waals surface area contributed by atoms with Crippen LogP contribution < -0.4 is 0 Å². The summed E-state index contributed by atoms with van der Waals surface area (Å²) < 4.78 is 0. The van der Waals surface area contributed by atoms with Gasteiger partial charge in [0.05, 0.1) is 5.92 Å². The number of aliphatic hydroxyl groups excluding tert-OH is 1. The van der Waals surface area contributed by atoms with Crippen molar-refractivity contribution in [3.8, 4) is 23.7 Å². The molecule has 2 atom stereocenters. The second kappa shape index (κ2) is 16.4. The van der Waals surface area contributed by atoms with Gasteiger partial charge in [-0.15, -0.1) is 17.8 Å². The van der Waals surface area contributed by atoms with Crippen LogP contribution in [0.5, 0.6) is 0 Å². The highest BCUT2D eigenvalue weighted by Gasteiger charge is 2.08. The van der Waals surface area contributed by atoms with E-state index in [9.17, 15) is 9.90 Å². The van der Waals surface area contributed by atoms with Crippen LogP contribution >= 0.6 is 0 Å². The fourth-order valence-electron chi connectivity index (χ4n) is 2.21. The molecular formula is C21H34O3. The van der Waals surface area contributed by atoms with Gasteiger partial charge in [0, 0.05) is 19.3 Å². The molecule has 2 unspecified atom stereocenters. The number of carboxylic acid groups (broad SMARTS) is 1. The molecule has 0 aromatic carbocycles. The van der Waals surface area contributed by atoms with Crippen molar-refractivity contribution >= 4 is 5.97 Å². The summed E-state index contributed by atoms with van der Waals surface area (Å²) in [5.74, 6) is 11.1. The van der Waals surface area contributed by atoms with Gasteiger partial charge in [0.25, 0.3) is 0 Å². The lowest BCUT2D eigenvalue weighted by Gasteiger charge is -2.00. The molecule has 0 aliphatic heterocycles. The minimum atomic E-state index is -0.739. The number of hydrogen-bond acceptors (Lipinski definition) is 2. The first-order valence-electron chi connectivity index (χ1n) is 9.42. The molecular weight excluding hydrogens is 300 g/mol. The van der Waals surface area contributed by atoms with Crippen LogP contribution in [-0.4, -0.2) is 22.3 Å². The molecule has 3 nitrogen and oxygen atoms in total. The smallest absolute Gasteiger partial charge is 0.306 e. The van der Waals surface area contributed by atoms with E-state index < -0.39 is 12.1 Å². The first-order valence-corrected chi connectivity index (χ1v) is 9.42. The van der Waals surface area contributed by atoms with E-state index in [1.54, 1.807) is 6.92 Å². The predicted octanol–water partition coefficient (Wildman–Crippen LogP) is 4.78. The van der Waals surface area contributed by atoms with Gasteiger partial charge in [0.1, 0.15) is 6.10 Å². The lowest BCUT2D eigenvalue weighted by atomic mass is 10.1. The Labute approximate surface area is 148 Å². The average Bonchev–Trinajstić information content (AvgIpc) is 2.56. The lowest BCUT2D eigenvalue weighted by molar-refractivity contribution is -0.141. The van der Waals surface area contributed by atoms with Crippen molar-refractivity contribution in [1.82, 2.24) is 0 Å². The molecule has 0 saturated carbocycles. The molecule has 0 aromatic heterocycles. The first kappa shape index (κ1) is 22.6. The van der Waals surface area contributed by atoms with Gasteiger partial charge in [0.15, 0.2) is 0 Å². The Kier molecular flexibility index (Phi) is 15.4. The maximum atomic E-state index is 10.6. The standard InChI is InChI=1S/C21H34O3/c1-3-4-17-20(22)18-15-13-11-9-7-5-6-8-10-12-14-16-19(2)21(23)24/h19-20,22H,3-9,11,13-14,16-17H2,1-2H3,(H,23,24). The molecule has 2 N–H and O–H groups in total. The molecule has 0 heterocycles. The van der Waals surface area contributed by atoms with E-state index in [-0.39, 0.29) is 5.92 Å². The van der Waals surface area contributed by atoms with Crippen molar-refractivity contribution < 1.29 is 15.0 Å². The number of rotatable bonds is 12. The minimum Gasteiger partial charge on any atom is -0.481 e. The van der Waals surface area contributed by atoms with Crippen molar-refractivity contribution in [2.75, 3.05) is 0 Å². The van der Waals surface area contributed by atoms with E-state index in [0.29, 0.717) is 12.8 Å². The van der Waals surface area contributed by atoms with Gasteiger partial charge in [-0.3, -0.25) is 4.79 Å². The van der Waals surface area contributed by atoms with Crippen LogP contribution in [0.15, 0.2) is 0 Å². The third kappa shape index (κ3) is 15.4. The monoisotopic (exact) mass is 334 g/mol. The van der Waals surface area contributed by atoms with Crippen LogP contribution in [0.2, 0.25) is 0 Å². The zero-order chi connectivity index (χ0) is 18.0. The van der Waals surface area contributed by atoms with Crippen molar-refractivity contribution in [2.45, 2.75) is 97.0 Å². The normalized spacial score (nSPS) is 12.5. The molecule has 0 fully saturated rings. The van der Waals surface area contributed by atoms with Crippen molar-refractivity contribution in [2.24, 2.45) is 5.92 Å². The summed E-state index contributed by atoms with van der Waals surface area (Å²) in [6.45, 7) is 3.84.